The molecule has 1 aromatic rings. The lowest BCUT2D eigenvalue weighted by molar-refractivity contribution is 0.0787. The molecule has 1 fully saturated rings. The first-order valence-electron chi connectivity index (χ1n) is 6.61. The Labute approximate surface area is 124 Å². The van der Waals surface area contributed by atoms with Gasteiger partial charge in [-0.05, 0) is 44.1 Å². The summed E-state index contributed by atoms with van der Waals surface area (Å²) < 4.78 is 10.6. The van der Waals surface area contributed by atoms with Crippen molar-refractivity contribution in [1.82, 2.24) is 10.2 Å². The van der Waals surface area contributed by atoms with Gasteiger partial charge in [0.05, 0.1) is 0 Å². The summed E-state index contributed by atoms with van der Waals surface area (Å²) in [4.78, 5) is 14.3. The highest BCUT2D eigenvalue weighted by Gasteiger charge is 2.27. The lowest BCUT2D eigenvalue weighted by Crippen LogP contribution is -2.30. The predicted molar refractivity (Wildman–Crippen MR) is 77.8 cm³/mol. The van der Waals surface area contributed by atoms with Crippen molar-refractivity contribution < 1.29 is 14.3 Å². The van der Waals surface area contributed by atoms with Crippen molar-refractivity contribution in [1.29, 1.82) is 0 Å². The molecule has 3 rings (SSSR count). The topological polar surface area (TPSA) is 50.8 Å². The van der Waals surface area contributed by atoms with Gasteiger partial charge in [0.1, 0.15) is 0 Å². The Bertz CT molecular complexity index is 495. The van der Waals surface area contributed by atoms with Crippen LogP contribution in [0.5, 0.6) is 11.5 Å². The molecule has 2 heterocycles. The van der Waals surface area contributed by atoms with Gasteiger partial charge in [0, 0.05) is 18.7 Å². The molecule has 6 heteroatoms. The summed E-state index contributed by atoms with van der Waals surface area (Å²) in [6.07, 6.45) is 1.07. The number of benzene rings is 1. The van der Waals surface area contributed by atoms with Crippen molar-refractivity contribution in [3.63, 3.8) is 0 Å². The first-order chi connectivity index (χ1) is 9.28. The van der Waals surface area contributed by atoms with Crippen LogP contribution in [-0.4, -0.2) is 44.3 Å². The average Bonchev–Trinajstić information content (AvgIpc) is 3.05. The third-order valence-electron chi connectivity index (χ3n) is 3.69. The van der Waals surface area contributed by atoms with E-state index in [2.05, 4.69) is 5.32 Å². The lowest BCUT2D eigenvalue weighted by Gasteiger charge is -2.16. The number of carbonyl (C=O) groups is 1. The smallest absolute Gasteiger partial charge is 0.254 e. The van der Waals surface area contributed by atoms with Crippen LogP contribution < -0.4 is 14.8 Å². The van der Waals surface area contributed by atoms with Crippen LogP contribution in [0.4, 0.5) is 0 Å². The van der Waals surface area contributed by atoms with Gasteiger partial charge in [-0.2, -0.15) is 0 Å². The number of likely N-dealkylation sites (tertiary alicyclic amines) is 1. The van der Waals surface area contributed by atoms with E-state index in [4.69, 9.17) is 9.47 Å². The SMILES string of the molecule is CNCC1CCN(C(=O)c2ccc3c(c2)OCO3)C1.Cl. The van der Waals surface area contributed by atoms with Gasteiger partial charge in [0.15, 0.2) is 11.5 Å². The fraction of sp³-hybridized carbons (Fsp3) is 0.500. The van der Waals surface area contributed by atoms with Crippen molar-refractivity contribution in [2.75, 3.05) is 33.5 Å². The van der Waals surface area contributed by atoms with E-state index in [-0.39, 0.29) is 25.1 Å². The van der Waals surface area contributed by atoms with Crippen molar-refractivity contribution in [2.24, 2.45) is 5.92 Å². The third-order valence-corrected chi connectivity index (χ3v) is 3.69. The number of amides is 1. The molecule has 2 aliphatic heterocycles. The summed E-state index contributed by atoms with van der Waals surface area (Å²) in [5.74, 6) is 2.02. The number of halogens is 1. The largest absolute Gasteiger partial charge is 0.454 e. The van der Waals surface area contributed by atoms with Crippen LogP contribution in [0.3, 0.4) is 0 Å². The molecule has 1 aromatic carbocycles. The first kappa shape index (κ1) is 14.9. The summed E-state index contributed by atoms with van der Waals surface area (Å²) >= 11 is 0. The highest BCUT2D eigenvalue weighted by molar-refractivity contribution is 5.95. The second kappa shape index (κ2) is 6.33. The fourth-order valence-electron chi connectivity index (χ4n) is 2.68. The van der Waals surface area contributed by atoms with Gasteiger partial charge in [0.25, 0.3) is 5.91 Å². The molecule has 0 saturated carbocycles. The van der Waals surface area contributed by atoms with Gasteiger partial charge in [-0.1, -0.05) is 0 Å². The van der Waals surface area contributed by atoms with Crippen molar-refractivity contribution in [2.45, 2.75) is 6.42 Å². The Kier molecular flexibility index (Phi) is 4.73. The maximum absolute atomic E-state index is 12.4. The zero-order valence-electron chi connectivity index (χ0n) is 11.4. The third kappa shape index (κ3) is 2.83. The van der Waals surface area contributed by atoms with Gasteiger partial charge in [-0.15, -0.1) is 12.4 Å². The molecule has 1 saturated heterocycles. The van der Waals surface area contributed by atoms with E-state index in [0.29, 0.717) is 23.0 Å². The van der Waals surface area contributed by atoms with Crippen LogP contribution in [0.1, 0.15) is 16.8 Å². The molecule has 1 amide bonds. The van der Waals surface area contributed by atoms with Crippen LogP contribution in [0, 0.1) is 5.92 Å². The summed E-state index contributed by atoms with van der Waals surface area (Å²) in [7, 11) is 1.95. The van der Waals surface area contributed by atoms with Gasteiger partial charge < -0.3 is 19.7 Å². The normalized spacial score (nSPS) is 19.9. The Morgan fingerprint density at radius 2 is 2.20 bits per heavy atom. The molecule has 20 heavy (non-hydrogen) atoms. The molecule has 0 aromatic heterocycles. The fourth-order valence-corrected chi connectivity index (χ4v) is 2.68. The molecule has 2 aliphatic rings. The quantitative estimate of drug-likeness (QED) is 0.919. The van der Waals surface area contributed by atoms with E-state index < -0.39 is 0 Å². The molecule has 0 bridgehead atoms. The van der Waals surface area contributed by atoms with E-state index in [1.165, 1.54) is 0 Å². The molecule has 110 valence electrons. The number of hydrogen-bond acceptors (Lipinski definition) is 4. The Morgan fingerprint density at radius 3 is 3.00 bits per heavy atom. The van der Waals surface area contributed by atoms with Crippen molar-refractivity contribution in [3.05, 3.63) is 23.8 Å². The zero-order chi connectivity index (χ0) is 13.2. The monoisotopic (exact) mass is 298 g/mol. The minimum absolute atomic E-state index is 0. The molecule has 5 nitrogen and oxygen atoms in total. The molecule has 1 unspecified atom stereocenters. The average molecular weight is 299 g/mol. The van der Waals surface area contributed by atoms with Gasteiger partial charge >= 0.3 is 0 Å². The number of rotatable bonds is 3. The van der Waals surface area contributed by atoms with E-state index in [0.717, 1.165) is 26.1 Å². The van der Waals surface area contributed by atoms with Gasteiger partial charge in [-0.25, -0.2) is 0 Å². The molecular weight excluding hydrogens is 280 g/mol. The molecule has 1 atom stereocenters. The molecule has 0 radical (unpaired) electrons. The first-order valence-corrected chi connectivity index (χ1v) is 6.61. The van der Waals surface area contributed by atoms with Gasteiger partial charge in [0.2, 0.25) is 6.79 Å². The maximum Gasteiger partial charge on any atom is 0.254 e. The van der Waals surface area contributed by atoms with E-state index >= 15 is 0 Å². The minimum Gasteiger partial charge on any atom is -0.454 e. The molecule has 0 aliphatic carbocycles. The number of ether oxygens (including phenoxy) is 2. The number of hydrogen-bond donors (Lipinski definition) is 1. The Morgan fingerprint density at radius 1 is 1.40 bits per heavy atom. The Hall–Kier alpha value is -1.46. The Balaban J connectivity index is 0.00000147. The second-order valence-corrected chi connectivity index (χ2v) is 5.03. The summed E-state index contributed by atoms with van der Waals surface area (Å²) in [6.45, 7) is 2.86. The maximum atomic E-state index is 12.4. The standard InChI is InChI=1S/C14H18N2O3.ClH/c1-15-7-10-4-5-16(8-10)14(17)11-2-3-12-13(6-11)19-9-18-12;/h2-3,6,10,15H,4-5,7-9H2,1H3;1H. The van der Waals surface area contributed by atoms with Crippen LogP contribution >= 0.6 is 12.4 Å². The highest BCUT2D eigenvalue weighted by Crippen LogP contribution is 2.33. The van der Waals surface area contributed by atoms with Crippen LogP contribution in [0.15, 0.2) is 18.2 Å². The van der Waals surface area contributed by atoms with Crippen LogP contribution in [-0.2, 0) is 0 Å². The number of fused-ring (bicyclic) bond motifs is 1. The number of nitrogens with zero attached hydrogens (tertiary/aromatic N) is 1. The minimum atomic E-state index is 0. The van der Waals surface area contributed by atoms with Gasteiger partial charge in [-0.3, -0.25) is 4.79 Å². The summed E-state index contributed by atoms with van der Waals surface area (Å²) in [5.41, 5.74) is 0.675. The second-order valence-electron chi connectivity index (χ2n) is 5.03. The molecule has 0 spiro atoms. The molecular formula is C14H19ClN2O3. The van der Waals surface area contributed by atoms with Crippen molar-refractivity contribution in [3.8, 4) is 11.5 Å². The molecule has 1 N–H and O–H groups in total. The van der Waals surface area contributed by atoms with E-state index in [9.17, 15) is 4.79 Å². The van der Waals surface area contributed by atoms with Crippen molar-refractivity contribution >= 4 is 18.3 Å². The summed E-state index contributed by atoms with van der Waals surface area (Å²) in [5, 5.41) is 3.17. The predicted octanol–water partition coefficient (Wildman–Crippen LogP) is 1.52. The summed E-state index contributed by atoms with van der Waals surface area (Å²) in [6, 6.07) is 5.38. The number of nitrogens with one attached hydrogen (secondary N) is 1. The lowest BCUT2D eigenvalue weighted by atomic mass is 10.1. The van der Waals surface area contributed by atoms with E-state index in [1.54, 1.807) is 18.2 Å². The number of carbonyl (C=O) groups excluding carboxylic acids is 1. The van der Waals surface area contributed by atoms with Crippen LogP contribution in [0.2, 0.25) is 0 Å². The zero-order valence-corrected chi connectivity index (χ0v) is 12.2. The van der Waals surface area contributed by atoms with E-state index in [1.807, 2.05) is 11.9 Å². The van der Waals surface area contributed by atoms with Crippen LogP contribution in [0.25, 0.3) is 0 Å². The highest BCUT2D eigenvalue weighted by atomic mass is 35.5.